The third-order valence-electron chi connectivity index (χ3n) is 5.78. The van der Waals surface area contributed by atoms with Crippen LogP contribution in [0.5, 0.6) is 0 Å². The fraction of sp³-hybridized carbons (Fsp3) is 0.619. The van der Waals surface area contributed by atoms with Gasteiger partial charge in [0.1, 0.15) is 5.41 Å². The molecule has 1 unspecified atom stereocenters. The number of anilines is 1. The van der Waals surface area contributed by atoms with Crippen LogP contribution in [0.25, 0.3) is 0 Å². The number of rotatable bonds is 5. The summed E-state index contributed by atoms with van der Waals surface area (Å²) in [6, 6.07) is 6.16. The van der Waals surface area contributed by atoms with Crippen molar-refractivity contribution >= 4 is 17.5 Å². The number of hydrogen-bond acceptors (Lipinski definition) is 2. The summed E-state index contributed by atoms with van der Waals surface area (Å²) in [5.74, 6) is 0.471. The number of likely N-dealkylation sites (tertiary alicyclic amines) is 1. The highest BCUT2D eigenvalue weighted by atomic mass is 16.2. The molecule has 1 aliphatic heterocycles. The Balaban J connectivity index is 1.78. The first-order chi connectivity index (χ1) is 12.0. The summed E-state index contributed by atoms with van der Waals surface area (Å²) in [7, 11) is 0. The number of hydrogen-bond donors (Lipinski definition) is 1. The number of piperidine rings is 1. The van der Waals surface area contributed by atoms with Gasteiger partial charge in [-0.3, -0.25) is 9.59 Å². The van der Waals surface area contributed by atoms with Crippen LogP contribution in [-0.4, -0.2) is 29.8 Å². The molecule has 2 aliphatic rings. The summed E-state index contributed by atoms with van der Waals surface area (Å²) in [5, 5.41) is 3.13. The van der Waals surface area contributed by atoms with E-state index in [1.807, 2.05) is 11.0 Å². The molecule has 136 valence electrons. The lowest BCUT2D eigenvalue weighted by molar-refractivity contribution is -0.143. The lowest BCUT2D eigenvalue weighted by Crippen LogP contribution is -2.47. The highest BCUT2D eigenvalue weighted by Gasteiger charge is 2.58. The molecule has 0 spiro atoms. The molecule has 4 heteroatoms. The zero-order valence-corrected chi connectivity index (χ0v) is 15.7. The van der Waals surface area contributed by atoms with E-state index < -0.39 is 5.41 Å². The van der Waals surface area contributed by atoms with E-state index in [-0.39, 0.29) is 11.8 Å². The Morgan fingerprint density at radius 3 is 2.36 bits per heavy atom. The van der Waals surface area contributed by atoms with Gasteiger partial charge in [0.25, 0.3) is 0 Å². The molecule has 1 saturated heterocycles. The van der Waals surface area contributed by atoms with Crippen LogP contribution in [-0.2, 0) is 22.4 Å². The summed E-state index contributed by atoms with van der Waals surface area (Å²) in [4.78, 5) is 28.0. The normalized spacial score (nSPS) is 21.7. The van der Waals surface area contributed by atoms with Crippen LogP contribution in [0.4, 0.5) is 5.69 Å². The van der Waals surface area contributed by atoms with Gasteiger partial charge < -0.3 is 10.2 Å². The van der Waals surface area contributed by atoms with Crippen LogP contribution >= 0.6 is 0 Å². The zero-order chi connectivity index (χ0) is 18.0. The Labute approximate surface area is 151 Å². The second-order valence-corrected chi connectivity index (χ2v) is 7.69. The first-order valence-corrected chi connectivity index (χ1v) is 9.73. The van der Waals surface area contributed by atoms with Crippen molar-refractivity contribution in [2.45, 2.75) is 59.3 Å². The number of nitrogens with zero attached hydrogens (tertiary/aromatic N) is 1. The molecule has 0 radical (unpaired) electrons. The maximum Gasteiger partial charge on any atom is 0.240 e. The van der Waals surface area contributed by atoms with Gasteiger partial charge in [0.15, 0.2) is 0 Å². The van der Waals surface area contributed by atoms with Gasteiger partial charge in [-0.05, 0) is 55.6 Å². The number of aryl methyl sites for hydroxylation is 2. The highest BCUT2D eigenvalue weighted by Crippen LogP contribution is 2.49. The van der Waals surface area contributed by atoms with E-state index in [1.165, 1.54) is 6.42 Å². The number of carbonyl (C=O) groups excluding carboxylic acids is 2. The summed E-state index contributed by atoms with van der Waals surface area (Å²) in [6.07, 6.45) is 5.31. The van der Waals surface area contributed by atoms with E-state index >= 15 is 0 Å². The number of nitrogens with one attached hydrogen (secondary N) is 1. The topological polar surface area (TPSA) is 49.4 Å². The van der Waals surface area contributed by atoms with Gasteiger partial charge in [0.05, 0.1) is 0 Å². The molecule has 4 nitrogen and oxygen atoms in total. The maximum atomic E-state index is 13.0. The lowest BCUT2D eigenvalue weighted by atomic mass is 9.96. The molecule has 1 aromatic carbocycles. The Bertz CT molecular complexity index is 642. The largest absolute Gasteiger partial charge is 0.342 e. The molecule has 1 heterocycles. The van der Waals surface area contributed by atoms with E-state index in [4.69, 9.17) is 0 Å². The van der Waals surface area contributed by atoms with E-state index in [9.17, 15) is 9.59 Å². The molecule has 1 saturated carbocycles. The number of amides is 2. The van der Waals surface area contributed by atoms with Crippen molar-refractivity contribution in [3.05, 3.63) is 29.3 Å². The Morgan fingerprint density at radius 2 is 1.84 bits per heavy atom. The Kier molecular flexibility index (Phi) is 5.16. The monoisotopic (exact) mass is 342 g/mol. The van der Waals surface area contributed by atoms with E-state index in [0.29, 0.717) is 18.8 Å². The molecule has 3 rings (SSSR count). The number of para-hydroxylation sites is 1. The average Bonchev–Trinajstić information content (AvgIpc) is 3.43. The van der Waals surface area contributed by atoms with Gasteiger partial charge in [-0.25, -0.2) is 0 Å². The summed E-state index contributed by atoms with van der Waals surface area (Å²) in [6.45, 7) is 7.96. The van der Waals surface area contributed by atoms with Crippen molar-refractivity contribution in [1.29, 1.82) is 0 Å². The molecule has 1 atom stereocenters. The summed E-state index contributed by atoms with van der Waals surface area (Å²) in [5.41, 5.74) is 2.39. The SMILES string of the molecule is CCc1cccc(CC)c1NC(=O)C1(C(=O)N2CCCC(C)C2)CC1. The zero-order valence-electron chi connectivity index (χ0n) is 15.7. The van der Waals surface area contributed by atoms with Crippen LogP contribution in [0, 0.1) is 11.3 Å². The molecular formula is C21H30N2O2. The van der Waals surface area contributed by atoms with Crippen molar-refractivity contribution in [2.75, 3.05) is 18.4 Å². The molecule has 0 aromatic heterocycles. The van der Waals surface area contributed by atoms with Gasteiger partial charge in [-0.2, -0.15) is 0 Å². The van der Waals surface area contributed by atoms with Crippen molar-refractivity contribution in [2.24, 2.45) is 11.3 Å². The molecule has 2 amide bonds. The molecule has 1 aliphatic carbocycles. The standard InChI is InChI=1S/C21H30N2O2/c1-4-16-9-6-10-17(5-2)18(16)22-19(24)21(11-12-21)20(25)23-13-7-8-15(3)14-23/h6,9-10,15H,4-5,7-8,11-14H2,1-3H3,(H,22,24). The van der Waals surface area contributed by atoms with Gasteiger partial charge in [-0.15, -0.1) is 0 Å². The van der Waals surface area contributed by atoms with E-state index in [0.717, 1.165) is 49.2 Å². The van der Waals surface area contributed by atoms with Crippen LogP contribution in [0.2, 0.25) is 0 Å². The minimum Gasteiger partial charge on any atom is -0.342 e. The Morgan fingerprint density at radius 1 is 1.20 bits per heavy atom. The summed E-state index contributed by atoms with van der Waals surface area (Å²) < 4.78 is 0. The number of carbonyl (C=O) groups is 2. The van der Waals surface area contributed by atoms with Crippen LogP contribution in [0.1, 0.15) is 57.6 Å². The van der Waals surface area contributed by atoms with Crippen molar-refractivity contribution in [1.82, 2.24) is 4.90 Å². The molecule has 1 aromatic rings. The van der Waals surface area contributed by atoms with Crippen molar-refractivity contribution in [3.63, 3.8) is 0 Å². The average molecular weight is 342 g/mol. The molecule has 25 heavy (non-hydrogen) atoms. The fourth-order valence-corrected chi connectivity index (χ4v) is 3.98. The number of benzene rings is 1. The second-order valence-electron chi connectivity index (χ2n) is 7.69. The lowest BCUT2D eigenvalue weighted by Gasteiger charge is -2.33. The van der Waals surface area contributed by atoms with Gasteiger partial charge >= 0.3 is 0 Å². The molecular weight excluding hydrogens is 312 g/mol. The van der Waals surface area contributed by atoms with Crippen molar-refractivity contribution in [3.8, 4) is 0 Å². The third-order valence-corrected chi connectivity index (χ3v) is 5.78. The van der Waals surface area contributed by atoms with Crippen molar-refractivity contribution < 1.29 is 9.59 Å². The fourth-order valence-electron chi connectivity index (χ4n) is 3.98. The third kappa shape index (κ3) is 3.44. The van der Waals surface area contributed by atoms with Gasteiger partial charge in [0.2, 0.25) is 11.8 Å². The quantitative estimate of drug-likeness (QED) is 0.828. The molecule has 1 N–H and O–H groups in total. The predicted octanol–water partition coefficient (Wildman–Crippen LogP) is 3.79. The minimum atomic E-state index is -0.817. The predicted molar refractivity (Wildman–Crippen MR) is 100 cm³/mol. The van der Waals surface area contributed by atoms with E-state index in [2.05, 4.69) is 38.2 Å². The van der Waals surface area contributed by atoms with Gasteiger partial charge in [0, 0.05) is 18.8 Å². The van der Waals surface area contributed by atoms with Crippen LogP contribution < -0.4 is 5.32 Å². The van der Waals surface area contributed by atoms with Crippen LogP contribution in [0.15, 0.2) is 18.2 Å². The minimum absolute atomic E-state index is 0.0450. The Hall–Kier alpha value is -1.84. The van der Waals surface area contributed by atoms with Crippen LogP contribution in [0.3, 0.4) is 0 Å². The van der Waals surface area contributed by atoms with Gasteiger partial charge in [-0.1, -0.05) is 39.0 Å². The second kappa shape index (κ2) is 7.19. The first kappa shape index (κ1) is 18.0. The molecule has 0 bridgehead atoms. The highest BCUT2D eigenvalue weighted by molar-refractivity contribution is 6.13. The van der Waals surface area contributed by atoms with E-state index in [1.54, 1.807) is 0 Å². The summed E-state index contributed by atoms with van der Waals surface area (Å²) >= 11 is 0. The molecule has 2 fully saturated rings. The first-order valence-electron chi connectivity index (χ1n) is 9.73. The maximum absolute atomic E-state index is 13.0. The smallest absolute Gasteiger partial charge is 0.240 e.